The van der Waals surface area contributed by atoms with Crippen molar-refractivity contribution in [2.75, 3.05) is 26.2 Å². The van der Waals surface area contributed by atoms with Gasteiger partial charge in [0.15, 0.2) is 0 Å². The number of nitrogens with zero attached hydrogens (tertiary/aromatic N) is 3. The Morgan fingerprint density at radius 3 is 2.27 bits per heavy atom. The van der Waals surface area contributed by atoms with Gasteiger partial charge in [-0.15, -0.1) is 0 Å². The van der Waals surface area contributed by atoms with E-state index in [0.29, 0.717) is 0 Å². The number of carbonyl (C=O) groups is 1. The van der Waals surface area contributed by atoms with Gasteiger partial charge in [0.1, 0.15) is 0 Å². The van der Waals surface area contributed by atoms with Gasteiger partial charge in [-0.25, -0.2) is 0 Å². The summed E-state index contributed by atoms with van der Waals surface area (Å²) in [5.74, 6) is 0.123. The zero-order chi connectivity index (χ0) is 17.8. The summed E-state index contributed by atoms with van der Waals surface area (Å²) in [6.45, 7) is 4.33. The predicted octanol–water partition coefficient (Wildman–Crippen LogP) is 3.44. The number of rotatable bonds is 4. The average molecular weight is 345 g/mol. The summed E-state index contributed by atoms with van der Waals surface area (Å²) in [7, 11) is 0. The Kier molecular flexibility index (Phi) is 4.84. The molecule has 132 valence electrons. The third-order valence-corrected chi connectivity index (χ3v) is 4.90. The van der Waals surface area contributed by atoms with Gasteiger partial charge >= 0.3 is 0 Å². The van der Waals surface area contributed by atoms with E-state index in [1.54, 1.807) is 0 Å². The molecule has 1 saturated heterocycles. The molecule has 1 fully saturated rings. The van der Waals surface area contributed by atoms with Crippen LogP contribution >= 0.6 is 0 Å². The smallest absolute Gasteiger partial charge is 0.254 e. The molecule has 1 aliphatic rings. The standard InChI is InChI=1S/C22H23N3O/c26-22(20-9-6-10-21(17-20)24-11-4-5-12-24)25-15-13-23(14-16-25)18-19-7-2-1-3-8-19/h1-12,17H,13-16,18H2. The van der Waals surface area contributed by atoms with Crippen molar-refractivity contribution in [3.63, 3.8) is 0 Å². The van der Waals surface area contributed by atoms with E-state index in [-0.39, 0.29) is 5.91 Å². The Balaban J connectivity index is 1.39. The molecular weight excluding hydrogens is 322 g/mol. The normalized spacial score (nSPS) is 15.2. The fourth-order valence-corrected chi connectivity index (χ4v) is 3.44. The van der Waals surface area contributed by atoms with Gasteiger partial charge in [-0.05, 0) is 35.9 Å². The van der Waals surface area contributed by atoms with Crippen LogP contribution in [0.4, 0.5) is 0 Å². The van der Waals surface area contributed by atoms with Crippen LogP contribution in [0.3, 0.4) is 0 Å². The number of carbonyl (C=O) groups excluding carboxylic acids is 1. The highest BCUT2D eigenvalue weighted by Crippen LogP contribution is 2.15. The number of amides is 1. The first-order valence-corrected chi connectivity index (χ1v) is 9.08. The maximum Gasteiger partial charge on any atom is 0.254 e. The summed E-state index contributed by atoms with van der Waals surface area (Å²) in [6.07, 6.45) is 3.98. The molecule has 1 aliphatic heterocycles. The molecule has 1 aromatic heterocycles. The topological polar surface area (TPSA) is 28.5 Å². The Bertz CT molecular complexity index is 850. The molecular formula is C22H23N3O. The molecule has 0 N–H and O–H groups in total. The quantitative estimate of drug-likeness (QED) is 0.725. The first-order valence-electron chi connectivity index (χ1n) is 9.08. The highest BCUT2D eigenvalue weighted by atomic mass is 16.2. The lowest BCUT2D eigenvalue weighted by Gasteiger charge is -2.34. The van der Waals surface area contributed by atoms with E-state index in [4.69, 9.17) is 0 Å². The third-order valence-electron chi connectivity index (χ3n) is 4.90. The molecule has 0 radical (unpaired) electrons. The van der Waals surface area contributed by atoms with Crippen LogP contribution in [-0.4, -0.2) is 46.5 Å². The van der Waals surface area contributed by atoms with Crippen molar-refractivity contribution in [2.24, 2.45) is 0 Å². The van der Waals surface area contributed by atoms with Crippen molar-refractivity contribution < 1.29 is 4.79 Å². The molecule has 2 heterocycles. The number of hydrogen-bond donors (Lipinski definition) is 0. The molecule has 0 spiro atoms. The van der Waals surface area contributed by atoms with E-state index in [9.17, 15) is 4.79 Å². The molecule has 0 saturated carbocycles. The van der Waals surface area contributed by atoms with Crippen LogP contribution < -0.4 is 0 Å². The number of hydrogen-bond acceptors (Lipinski definition) is 2. The number of piperazine rings is 1. The summed E-state index contributed by atoms with van der Waals surface area (Å²) in [5, 5.41) is 0. The fourth-order valence-electron chi connectivity index (χ4n) is 3.44. The van der Waals surface area contributed by atoms with Crippen LogP contribution in [0.25, 0.3) is 5.69 Å². The molecule has 0 bridgehead atoms. The highest BCUT2D eigenvalue weighted by molar-refractivity contribution is 5.94. The van der Waals surface area contributed by atoms with Gasteiger partial charge in [-0.3, -0.25) is 9.69 Å². The maximum atomic E-state index is 12.9. The van der Waals surface area contributed by atoms with E-state index in [1.165, 1.54) is 5.56 Å². The van der Waals surface area contributed by atoms with Crippen LogP contribution in [0.5, 0.6) is 0 Å². The molecule has 0 atom stereocenters. The number of aromatic nitrogens is 1. The molecule has 3 aromatic rings. The SMILES string of the molecule is O=C(c1cccc(-n2cccc2)c1)N1CCN(Cc2ccccc2)CC1. The van der Waals surface area contributed by atoms with Crippen LogP contribution in [0.15, 0.2) is 79.1 Å². The molecule has 2 aromatic carbocycles. The Labute approximate surface area is 154 Å². The zero-order valence-corrected chi connectivity index (χ0v) is 14.8. The molecule has 0 unspecified atom stereocenters. The lowest BCUT2D eigenvalue weighted by atomic mass is 10.1. The van der Waals surface area contributed by atoms with Gasteiger partial charge in [0.2, 0.25) is 0 Å². The molecule has 4 rings (SSSR count). The van der Waals surface area contributed by atoms with Gasteiger partial charge in [0, 0.05) is 56.4 Å². The van der Waals surface area contributed by atoms with Crippen molar-refractivity contribution in [1.29, 1.82) is 0 Å². The Hall–Kier alpha value is -2.85. The van der Waals surface area contributed by atoms with Crippen LogP contribution in [0, 0.1) is 0 Å². The van der Waals surface area contributed by atoms with Gasteiger partial charge in [0.05, 0.1) is 0 Å². The van der Waals surface area contributed by atoms with E-state index in [0.717, 1.165) is 44.0 Å². The summed E-state index contributed by atoms with van der Waals surface area (Å²) in [5.41, 5.74) is 3.10. The second-order valence-corrected chi connectivity index (χ2v) is 6.69. The fraction of sp³-hybridized carbons (Fsp3) is 0.227. The second kappa shape index (κ2) is 7.58. The molecule has 1 amide bonds. The van der Waals surface area contributed by atoms with Gasteiger partial charge < -0.3 is 9.47 Å². The molecule has 4 nitrogen and oxygen atoms in total. The number of benzene rings is 2. The van der Waals surface area contributed by atoms with Crippen LogP contribution in [0.1, 0.15) is 15.9 Å². The first-order chi connectivity index (χ1) is 12.8. The van der Waals surface area contributed by atoms with Gasteiger partial charge in [-0.1, -0.05) is 36.4 Å². The van der Waals surface area contributed by atoms with E-state index < -0.39 is 0 Å². The van der Waals surface area contributed by atoms with E-state index in [2.05, 4.69) is 29.2 Å². The summed E-state index contributed by atoms with van der Waals surface area (Å²) in [4.78, 5) is 17.3. The Morgan fingerprint density at radius 2 is 1.54 bits per heavy atom. The minimum Gasteiger partial charge on any atom is -0.336 e. The molecule has 26 heavy (non-hydrogen) atoms. The monoisotopic (exact) mass is 345 g/mol. The first kappa shape index (κ1) is 16.6. The zero-order valence-electron chi connectivity index (χ0n) is 14.8. The Morgan fingerprint density at radius 1 is 0.808 bits per heavy atom. The van der Waals surface area contributed by atoms with Crippen LogP contribution in [0.2, 0.25) is 0 Å². The van der Waals surface area contributed by atoms with Gasteiger partial charge in [0.25, 0.3) is 5.91 Å². The minimum atomic E-state index is 0.123. The van der Waals surface area contributed by atoms with Crippen molar-refractivity contribution in [3.05, 3.63) is 90.3 Å². The van der Waals surface area contributed by atoms with Crippen molar-refractivity contribution in [2.45, 2.75) is 6.54 Å². The van der Waals surface area contributed by atoms with Crippen molar-refractivity contribution in [3.8, 4) is 5.69 Å². The molecule has 0 aliphatic carbocycles. The lowest BCUT2D eigenvalue weighted by Crippen LogP contribution is -2.48. The average Bonchev–Trinajstić information content (AvgIpc) is 3.24. The second-order valence-electron chi connectivity index (χ2n) is 6.69. The maximum absolute atomic E-state index is 12.9. The lowest BCUT2D eigenvalue weighted by molar-refractivity contribution is 0.0628. The third kappa shape index (κ3) is 3.70. The summed E-state index contributed by atoms with van der Waals surface area (Å²) < 4.78 is 2.02. The van der Waals surface area contributed by atoms with Crippen molar-refractivity contribution in [1.82, 2.24) is 14.4 Å². The highest BCUT2D eigenvalue weighted by Gasteiger charge is 2.22. The summed E-state index contributed by atoms with van der Waals surface area (Å²) in [6, 6.07) is 22.3. The van der Waals surface area contributed by atoms with E-state index in [1.807, 2.05) is 64.3 Å². The summed E-state index contributed by atoms with van der Waals surface area (Å²) >= 11 is 0. The van der Waals surface area contributed by atoms with Crippen LogP contribution in [-0.2, 0) is 6.54 Å². The molecule has 4 heteroatoms. The predicted molar refractivity (Wildman–Crippen MR) is 103 cm³/mol. The minimum absolute atomic E-state index is 0.123. The van der Waals surface area contributed by atoms with Gasteiger partial charge in [-0.2, -0.15) is 0 Å². The van der Waals surface area contributed by atoms with E-state index >= 15 is 0 Å². The largest absolute Gasteiger partial charge is 0.336 e. The van der Waals surface area contributed by atoms with Crippen molar-refractivity contribution >= 4 is 5.91 Å².